The molecule has 106 valence electrons. The molecule has 1 saturated heterocycles. The average molecular weight is 346 g/mol. The number of halogens is 1. The molecule has 0 aromatic carbocycles. The van der Waals surface area contributed by atoms with Gasteiger partial charge in [0.15, 0.2) is 0 Å². The summed E-state index contributed by atoms with van der Waals surface area (Å²) in [7, 11) is 1.87. The number of rotatable bonds is 3. The minimum Gasteiger partial charge on any atom is -0.374 e. The normalized spacial score (nSPS) is 30.6. The van der Waals surface area contributed by atoms with Crippen molar-refractivity contribution in [2.45, 2.75) is 39.5 Å². The van der Waals surface area contributed by atoms with Crippen molar-refractivity contribution < 1.29 is 9.53 Å². The van der Waals surface area contributed by atoms with Crippen molar-refractivity contribution in [2.75, 3.05) is 7.05 Å². The number of carbonyl (C=O) groups excluding carboxylic acids is 1. The summed E-state index contributed by atoms with van der Waals surface area (Å²) in [4.78, 5) is 15.6. The lowest BCUT2D eigenvalue weighted by Crippen LogP contribution is -2.38. The van der Waals surface area contributed by atoms with Crippen LogP contribution < -0.4 is 0 Å². The van der Waals surface area contributed by atoms with Crippen LogP contribution in [0.5, 0.6) is 0 Å². The molecule has 0 bridgehead atoms. The van der Waals surface area contributed by atoms with E-state index in [0.717, 1.165) is 4.47 Å². The lowest BCUT2D eigenvalue weighted by atomic mass is 9.88. The number of carbonyl (C=O) groups is 1. The van der Waals surface area contributed by atoms with Gasteiger partial charge >= 0.3 is 0 Å². The van der Waals surface area contributed by atoms with Crippen molar-refractivity contribution >= 4 is 33.2 Å². The van der Waals surface area contributed by atoms with Gasteiger partial charge in [-0.2, -0.15) is 0 Å². The second-order valence-corrected chi connectivity index (χ2v) is 7.27. The lowest BCUT2D eigenvalue weighted by Gasteiger charge is -2.24. The van der Waals surface area contributed by atoms with Crippen molar-refractivity contribution in [2.24, 2.45) is 11.8 Å². The van der Waals surface area contributed by atoms with Crippen LogP contribution in [0.4, 0.5) is 0 Å². The molecule has 4 unspecified atom stereocenters. The van der Waals surface area contributed by atoms with Crippen LogP contribution in [0.3, 0.4) is 0 Å². The molecule has 0 spiro atoms. The third-order valence-corrected chi connectivity index (χ3v) is 5.60. The van der Waals surface area contributed by atoms with Gasteiger partial charge in [0.2, 0.25) is 5.91 Å². The molecule has 2 rings (SSSR count). The van der Waals surface area contributed by atoms with Crippen LogP contribution in [-0.4, -0.2) is 30.1 Å². The third kappa shape index (κ3) is 3.20. The van der Waals surface area contributed by atoms with E-state index in [4.69, 9.17) is 4.74 Å². The Balaban J connectivity index is 2.03. The highest BCUT2D eigenvalue weighted by Crippen LogP contribution is 2.33. The van der Waals surface area contributed by atoms with Gasteiger partial charge in [0.1, 0.15) is 0 Å². The van der Waals surface area contributed by atoms with Gasteiger partial charge in [-0.05, 0) is 41.8 Å². The third-order valence-electron chi connectivity index (χ3n) is 3.92. The van der Waals surface area contributed by atoms with E-state index in [1.54, 1.807) is 11.3 Å². The molecule has 0 radical (unpaired) electrons. The van der Waals surface area contributed by atoms with E-state index in [0.29, 0.717) is 6.54 Å². The van der Waals surface area contributed by atoms with Gasteiger partial charge in [0.25, 0.3) is 0 Å². The van der Waals surface area contributed by atoms with E-state index in [1.165, 1.54) is 4.88 Å². The molecule has 1 aliphatic heterocycles. The summed E-state index contributed by atoms with van der Waals surface area (Å²) in [5, 5.41) is 2.04. The Morgan fingerprint density at radius 3 is 2.58 bits per heavy atom. The molecule has 0 N–H and O–H groups in total. The maximum atomic E-state index is 12.6. The molecular formula is C14H20BrNO2S. The number of nitrogens with zero attached hydrogens (tertiary/aromatic N) is 1. The smallest absolute Gasteiger partial charge is 0.228 e. The monoisotopic (exact) mass is 345 g/mol. The zero-order valence-corrected chi connectivity index (χ0v) is 14.1. The molecule has 3 nitrogen and oxygen atoms in total. The first-order chi connectivity index (χ1) is 8.90. The highest BCUT2D eigenvalue weighted by Gasteiger charge is 2.42. The fourth-order valence-corrected chi connectivity index (χ4v) is 4.20. The topological polar surface area (TPSA) is 29.5 Å². The fraction of sp³-hybridized carbons (Fsp3) is 0.643. The average Bonchev–Trinajstić information content (AvgIpc) is 2.84. The molecule has 1 aliphatic rings. The van der Waals surface area contributed by atoms with Crippen molar-refractivity contribution in [3.05, 3.63) is 20.8 Å². The SMILES string of the molecule is CC1OC(C)C(C(=O)N(C)Cc2cc(Br)cs2)C1C. The Kier molecular flexibility index (Phi) is 4.69. The van der Waals surface area contributed by atoms with Gasteiger partial charge in [-0.25, -0.2) is 0 Å². The molecule has 5 heteroatoms. The molecule has 19 heavy (non-hydrogen) atoms. The molecular weight excluding hydrogens is 326 g/mol. The fourth-order valence-electron chi connectivity index (χ4n) is 2.70. The van der Waals surface area contributed by atoms with E-state index in [9.17, 15) is 4.79 Å². The summed E-state index contributed by atoms with van der Waals surface area (Å²) in [6.07, 6.45) is 0.170. The maximum absolute atomic E-state index is 12.6. The number of ether oxygens (including phenoxy) is 1. The molecule has 2 heterocycles. The number of hydrogen-bond donors (Lipinski definition) is 0. The Bertz CT molecular complexity index is 462. The summed E-state index contributed by atoms with van der Waals surface area (Å²) < 4.78 is 6.84. The van der Waals surface area contributed by atoms with Crippen molar-refractivity contribution in [1.29, 1.82) is 0 Å². The molecule has 1 aromatic rings. The Hall–Kier alpha value is -0.390. The predicted molar refractivity (Wildman–Crippen MR) is 81.2 cm³/mol. The highest BCUT2D eigenvalue weighted by atomic mass is 79.9. The van der Waals surface area contributed by atoms with E-state index >= 15 is 0 Å². The van der Waals surface area contributed by atoms with Crippen molar-refractivity contribution in [3.63, 3.8) is 0 Å². The predicted octanol–water partition coefficient (Wildman–Crippen LogP) is 3.53. The van der Waals surface area contributed by atoms with Crippen LogP contribution in [0.25, 0.3) is 0 Å². The van der Waals surface area contributed by atoms with Crippen LogP contribution in [0.2, 0.25) is 0 Å². The van der Waals surface area contributed by atoms with Gasteiger partial charge in [-0.3, -0.25) is 4.79 Å². The first kappa shape index (κ1) is 15.0. The lowest BCUT2D eigenvalue weighted by molar-refractivity contribution is -0.137. The van der Waals surface area contributed by atoms with E-state index < -0.39 is 0 Å². The van der Waals surface area contributed by atoms with Crippen molar-refractivity contribution in [3.8, 4) is 0 Å². The van der Waals surface area contributed by atoms with Crippen LogP contribution >= 0.6 is 27.3 Å². The van der Waals surface area contributed by atoms with Crippen LogP contribution in [0.15, 0.2) is 15.9 Å². The van der Waals surface area contributed by atoms with Crippen LogP contribution in [0, 0.1) is 11.8 Å². The Morgan fingerprint density at radius 2 is 2.11 bits per heavy atom. The molecule has 1 aromatic heterocycles. The number of thiophene rings is 1. The van der Waals surface area contributed by atoms with Gasteiger partial charge in [0, 0.05) is 21.8 Å². The summed E-state index contributed by atoms with van der Waals surface area (Å²) in [6.45, 7) is 6.81. The Labute approximate surface area is 127 Å². The number of amides is 1. The highest BCUT2D eigenvalue weighted by molar-refractivity contribution is 9.10. The first-order valence-electron chi connectivity index (χ1n) is 6.53. The zero-order chi connectivity index (χ0) is 14.2. The van der Waals surface area contributed by atoms with Crippen LogP contribution in [0.1, 0.15) is 25.6 Å². The van der Waals surface area contributed by atoms with E-state index in [1.807, 2.05) is 31.2 Å². The van der Waals surface area contributed by atoms with Gasteiger partial charge in [-0.1, -0.05) is 6.92 Å². The minimum absolute atomic E-state index is 0.00928. The van der Waals surface area contributed by atoms with Gasteiger partial charge < -0.3 is 9.64 Å². The first-order valence-corrected chi connectivity index (χ1v) is 8.20. The second kappa shape index (κ2) is 5.94. The molecule has 0 aliphatic carbocycles. The Morgan fingerprint density at radius 1 is 1.42 bits per heavy atom. The molecule has 1 fully saturated rings. The molecule has 0 saturated carbocycles. The summed E-state index contributed by atoms with van der Waals surface area (Å²) in [5.74, 6) is 0.442. The van der Waals surface area contributed by atoms with Gasteiger partial charge in [0.05, 0.1) is 24.7 Å². The second-order valence-electron chi connectivity index (χ2n) is 5.36. The quantitative estimate of drug-likeness (QED) is 0.838. The maximum Gasteiger partial charge on any atom is 0.228 e. The zero-order valence-electron chi connectivity index (χ0n) is 11.7. The van der Waals surface area contributed by atoms with E-state index in [2.05, 4.69) is 28.9 Å². The summed E-state index contributed by atoms with van der Waals surface area (Å²) in [6, 6.07) is 2.06. The largest absolute Gasteiger partial charge is 0.374 e. The number of hydrogen-bond acceptors (Lipinski definition) is 3. The molecule has 1 amide bonds. The van der Waals surface area contributed by atoms with E-state index in [-0.39, 0.29) is 30.0 Å². The standard InChI is InChI=1S/C14H20BrNO2S/c1-8-9(2)18-10(3)13(8)14(17)16(4)6-12-5-11(15)7-19-12/h5,7-10,13H,6H2,1-4H3. The summed E-state index contributed by atoms with van der Waals surface area (Å²) >= 11 is 5.11. The molecule has 4 atom stereocenters. The minimum atomic E-state index is -0.0246. The van der Waals surface area contributed by atoms with Crippen molar-refractivity contribution in [1.82, 2.24) is 4.90 Å². The van der Waals surface area contributed by atoms with Gasteiger partial charge in [-0.15, -0.1) is 11.3 Å². The summed E-state index contributed by atoms with van der Waals surface area (Å²) in [5.41, 5.74) is 0. The van der Waals surface area contributed by atoms with Crippen LogP contribution in [-0.2, 0) is 16.1 Å².